The van der Waals surface area contributed by atoms with Crippen LogP contribution in [0.2, 0.25) is 0 Å². The number of likely N-dealkylation sites (N-methyl/N-ethyl adjacent to an activating group) is 1. The molecule has 0 saturated carbocycles. The third-order valence-corrected chi connectivity index (χ3v) is 3.65. The van der Waals surface area contributed by atoms with E-state index in [1.165, 1.54) is 0 Å². The molecule has 1 heterocycles. The molecular formula is C19H21N3O2. The lowest BCUT2D eigenvalue weighted by Gasteiger charge is -2.11. The first-order chi connectivity index (χ1) is 11.7. The van der Waals surface area contributed by atoms with Crippen molar-refractivity contribution in [1.82, 2.24) is 15.0 Å². The van der Waals surface area contributed by atoms with Gasteiger partial charge in [0.05, 0.1) is 13.2 Å². The molecule has 0 N–H and O–H groups in total. The average Bonchev–Trinajstić information content (AvgIpc) is 3.10. The van der Waals surface area contributed by atoms with E-state index < -0.39 is 0 Å². The van der Waals surface area contributed by atoms with Gasteiger partial charge in [0, 0.05) is 17.7 Å². The fourth-order valence-electron chi connectivity index (χ4n) is 2.32. The lowest BCUT2D eigenvalue weighted by molar-refractivity contribution is 0.105. The van der Waals surface area contributed by atoms with Gasteiger partial charge in [-0.2, -0.15) is 4.98 Å². The van der Waals surface area contributed by atoms with E-state index in [0.29, 0.717) is 24.9 Å². The highest BCUT2D eigenvalue weighted by Crippen LogP contribution is 2.25. The van der Waals surface area contributed by atoms with Crippen molar-refractivity contribution in [2.75, 3.05) is 27.2 Å². The fourth-order valence-corrected chi connectivity index (χ4v) is 2.32. The van der Waals surface area contributed by atoms with Crippen LogP contribution < -0.4 is 0 Å². The quantitative estimate of drug-likeness (QED) is 0.623. The summed E-state index contributed by atoms with van der Waals surface area (Å²) in [6.45, 7) is 2.09. The molecule has 0 amide bonds. The second-order valence-corrected chi connectivity index (χ2v) is 5.80. The molecule has 0 aliphatic rings. The van der Waals surface area contributed by atoms with E-state index in [9.17, 15) is 0 Å². The third-order valence-electron chi connectivity index (χ3n) is 3.65. The van der Waals surface area contributed by atoms with Gasteiger partial charge in [0.1, 0.15) is 0 Å². The van der Waals surface area contributed by atoms with Crippen LogP contribution in [-0.4, -0.2) is 42.3 Å². The fraction of sp³-hybridized carbons (Fsp3) is 0.263. The van der Waals surface area contributed by atoms with Crippen LogP contribution in [0.5, 0.6) is 0 Å². The summed E-state index contributed by atoms with van der Waals surface area (Å²) in [6, 6.07) is 17.8. The number of aromatic nitrogens is 2. The summed E-state index contributed by atoms with van der Waals surface area (Å²) in [5.41, 5.74) is 2.89. The number of rotatable bonds is 7. The smallest absolute Gasteiger partial charge is 0.258 e. The SMILES string of the molecule is CN(C)CCOCc1ccccc1-c1nc(-c2ccccc2)no1. The van der Waals surface area contributed by atoms with E-state index in [-0.39, 0.29) is 0 Å². The molecular weight excluding hydrogens is 302 g/mol. The van der Waals surface area contributed by atoms with E-state index in [1.54, 1.807) is 0 Å². The Kier molecular flexibility index (Phi) is 5.36. The molecule has 24 heavy (non-hydrogen) atoms. The topological polar surface area (TPSA) is 51.4 Å². The molecule has 0 aliphatic heterocycles. The highest BCUT2D eigenvalue weighted by molar-refractivity contribution is 5.62. The molecule has 0 radical (unpaired) electrons. The van der Waals surface area contributed by atoms with E-state index in [2.05, 4.69) is 15.0 Å². The van der Waals surface area contributed by atoms with Gasteiger partial charge in [-0.1, -0.05) is 53.7 Å². The Balaban J connectivity index is 1.76. The van der Waals surface area contributed by atoms with Crippen LogP contribution in [0, 0.1) is 0 Å². The van der Waals surface area contributed by atoms with E-state index >= 15 is 0 Å². The highest BCUT2D eigenvalue weighted by Gasteiger charge is 2.13. The molecule has 124 valence electrons. The van der Waals surface area contributed by atoms with Crippen LogP contribution in [0.1, 0.15) is 5.56 Å². The largest absolute Gasteiger partial charge is 0.375 e. The van der Waals surface area contributed by atoms with E-state index in [4.69, 9.17) is 9.26 Å². The standard InChI is InChI=1S/C19H21N3O2/c1-22(2)12-13-23-14-16-10-6-7-11-17(16)19-20-18(21-24-19)15-8-4-3-5-9-15/h3-11H,12-14H2,1-2H3. The summed E-state index contributed by atoms with van der Waals surface area (Å²) in [7, 11) is 4.06. The van der Waals surface area contributed by atoms with Gasteiger partial charge in [0.15, 0.2) is 0 Å². The second kappa shape index (κ2) is 7.86. The van der Waals surface area contributed by atoms with Crippen LogP contribution in [0.4, 0.5) is 0 Å². The predicted octanol–water partition coefficient (Wildman–Crippen LogP) is 3.48. The Bertz CT molecular complexity index is 769. The van der Waals surface area contributed by atoms with Crippen molar-refractivity contribution in [2.24, 2.45) is 0 Å². The summed E-state index contributed by atoms with van der Waals surface area (Å²) >= 11 is 0. The molecule has 5 nitrogen and oxygen atoms in total. The van der Waals surface area contributed by atoms with Crippen molar-refractivity contribution in [3.63, 3.8) is 0 Å². The molecule has 0 spiro atoms. The second-order valence-electron chi connectivity index (χ2n) is 5.80. The first-order valence-corrected chi connectivity index (χ1v) is 7.94. The molecule has 0 saturated heterocycles. The maximum Gasteiger partial charge on any atom is 0.258 e. The normalized spacial score (nSPS) is 11.1. The predicted molar refractivity (Wildman–Crippen MR) is 93.4 cm³/mol. The first kappa shape index (κ1) is 16.4. The summed E-state index contributed by atoms with van der Waals surface area (Å²) in [6.07, 6.45) is 0. The van der Waals surface area contributed by atoms with Gasteiger partial charge in [-0.15, -0.1) is 0 Å². The Labute approximate surface area is 141 Å². The van der Waals surface area contributed by atoms with Crippen LogP contribution in [0.15, 0.2) is 59.1 Å². The summed E-state index contributed by atoms with van der Waals surface area (Å²) < 4.78 is 11.2. The zero-order chi connectivity index (χ0) is 16.8. The molecule has 0 aliphatic carbocycles. The zero-order valence-corrected chi connectivity index (χ0v) is 14.0. The van der Waals surface area contributed by atoms with Gasteiger partial charge in [0.25, 0.3) is 5.89 Å². The van der Waals surface area contributed by atoms with Crippen LogP contribution >= 0.6 is 0 Å². The molecule has 0 atom stereocenters. The van der Waals surface area contributed by atoms with E-state index in [1.807, 2.05) is 68.7 Å². The van der Waals surface area contributed by atoms with Crippen molar-refractivity contribution in [3.05, 3.63) is 60.2 Å². The van der Waals surface area contributed by atoms with Crippen LogP contribution in [0.25, 0.3) is 22.8 Å². The maximum atomic E-state index is 5.75. The summed E-state index contributed by atoms with van der Waals surface area (Å²) in [5, 5.41) is 4.09. The average molecular weight is 323 g/mol. The molecule has 3 aromatic rings. The van der Waals surface area contributed by atoms with Gasteiger partial charge in [0.2, 0.25) is 5.82 Å². The molecule has 0 bridgehead atoms. The van der Waals surface area contributed by atoms with Crippen LogP contribution in [0.3, 0.4) is 0 Å². The summed E-state index contributed by atoms with van der Waals surface area (Å²) in [5.74, 6) is 1.11. The monoisotopic (exact) mass is 323 g/mol. The number of nitrogens with zero attached hydrogens (tertiary/aromatic N) is 3. The van der Waals surface area contributed by atoms with Gasteiger partial charge in [-0.3, -0.25) is 0 Å². The van der Waals surface area contributed by atoms with Gasteiger partial charge in [-0.05, 0) is 25.7 Å². The number of benzene rings is 2. The number of hydrogen-bond donors (Lipinski definition) is 0. The van der Waals surface area contributed by atoms with Crippen LogP contribution in [-0.2, 0) is 11.3 Å². The maximum absolute atomic E-state index is 5.75. The van der Waals surface area contributed by atoms with Crippen molar-refractivity contribution in [1.29, 1.82) is 0 Å². The lowest BCUT2D eigenvalue weighted by Crippen LogP contribution is -2.17. The minimum Gasteiger partial charge on any atom is -0.375 e. The molecule has 0 fully saturated rings. The summed E-state index contributed by atoms with van der Waals surface area (Å²) in [4.78, 5) is 6.62. The van der Waals surface area contributed by atoms with Gasteiger partial charge >= 0.3 is 0 Å². The van der Waals surface area contributed by atoms with Gasteiger partial charge < -0.3 is 14.2 Å². The molecule has 5 heteroatoms. The number of hydrogen-bond acceptors (Lipinski definition) is 5. The molecule has 3 rings (SSSR count). The molecule has 0 unspecified atom stereocenters. The molecule has 1 aromatic heterocycles. The minimum absolute atomic E-state index is 0.515. The first-order valence-electron chi connectivity index (χ1n) is 7.94. The van der Waals surface area contributed by atoms with Crippen molar-refractivity contribution >= 4 is 0 Å². The van der Waals surface area contributed by atoms with Crippen molar-refractivity contribution in [3.8, 4) is 22.8 Å². The Morgan fingerprint density at radius 1 is 1.00 bits per heavy atom. The zero-order valence-electron chi connectivity index (χ0n) is 14.0. The Hall–Kier alpha value is -2.50. The number of ether oxygens (including phenoxy) is 1. The Morgan fingerprint density at radius 3 is 2.54 bits per heavy atom. The Morgan fingerprint density at radius 2 is 1.75 bits per heavy atom. The lowest BCUT2D eigenvalue weighted by atomic mass is 10.1. The minimum atomic E-state index is 0.515. The van der Waals surface area contributed by atoms with Crippen molar-refractivity contribution < 1.29 is 9.26 Å². The van der Waals surface area contributed by atoms with E-state index in [0.717, 1.165) is 23.2 Å². The third kappa shape index (κ3) is 4.07. The molecule has 2 aromatic carbocycles. The highest BCUT2D eigenvalue weighted by atomic mass is 16.5. The van der Waals surface area contributed by atoms with Gasteiger partial charge in [-0.25, -0.2) is 0 Å². The van der Waals surface area contributed by atoms with Crippen molar-refractivity contribution in [2.45, 2.75) is 6.61 Å².